The van der Waals surface area contributed by atoms with E-state index in [-0.39, 0.29) is 39.8 Å². The van der Waals surface area contributed by atoms with Crippen molar-refractivity contribution in [2.24, 2.45) is 39.0 Å². The molecule has 17 nitrogen and oxygen atoms in total. The van der Waals surface area contributed by atoms with E-state index >= 15 is 0 Å². The number of carbonyl (C=O) groups is 1. The number of fused-ring (bicyclic) bond motifs is 11. The number of nitrogen functional groups attached to an aromatic ring is 1. The standard InChI is InChI=1S/C12H12N2.C12H11NO.C12H13N.C12H9N.C11H9Cl.C11H9F.C10H9N.2C9H10N2O.2C9H8N2.3CH4/c2*1-8-6-9-4-2-3-5-10(9)7-11(8)12(13)14;2*1-9-6-10-4-2-3-5-11(10)7-12(9)8-13;1-8-2-3-10-7-11(12)5-4-9(10)6-8;1-8-6-9-4-2-3-5-10(9)7-11(8)12;1-8-4-5-9-3-2-6-11-10(9)7-8;2*1-6-2-3-7-5-12-11-9(10)8(7)4-6;2*1-7-4-5-8-3-2-6-10-9(8)11-7;;;/h2-7H,1H3,(H3,13,14);2-7H,1H3,(H2,13,14);2-7H,8,13H2,1H3;2-7H,1H3;2*2-7H,1H3;2-7H,1H3;2*2-4H,5H2,1H3,(H2,10,11);2*2-6H,1H3;3*1H4. The first kappa shape index (κ1) is 105. The second-order valence-corrected chi connectivity index (χ2v) is 33.2. The number of nitrogens with two attached hydrogens (primary N) is 5. The summed E-state index contributed by atoms with van der Waals surface area (Å²) in [4.78, 5) is 41.9. The normalized spacial score (nSPS) is 10.8. The summed E-state index contributed by atoms with van der Waals surface area (Å²) in [6.07, 6.45) is 5.34. The van der Waals surface area contributed by atoms with Crippen LogP contribution in [-0.4, -0.2) is 48.3 Å². The number of primary amides is 1. The number of nitriles is 1. The average Bonchev–Trinajstić information content (AvgIpc) is 0.842. The van der Waals surface area contributed by atoms with Gasteiger partial charge in [0, 0.05) is 91.1 Å². The van der Waals surface area contributed by atoms with E-state index in [1.807, 2.05) is 285 Å². The molecule has 0 aliphatic carbocycles. The van der Waals surface area contributed by atoms with Crippen molar-refractivity contribution >= 4 is 133 Å². The molecular formula is C119H120ClFN14O3. The summed E-state index contributed by atoms with van der Waals surface area (Å²) in [5.74, 6) is 0.579. The fourth-order valence-corrected chi connectivity index (χ4v) is 15.0. The molecule has 1 amide bonds. The number of amidine groups is 3. The molecule has 138 heavy (non-hydrogen) atoms. The highest BCUT2D eigenvalue weighted by molar-refractivity contribution is 6.31. The molecule has 20 aromatic rings. The highest BCUT2D eigenvalue weighted by Gasteiger charge is 2.15. The van der Waals surface area contributed by atoms with Crippen molar-refractivity contribution < 1.29 is 18.9 Å². The van der Waals surface area contributed by atoms with Crippen LogP contribution in [0, 0.1) is 98.7 Å². The molecule has 19 heteroatoms. The molecule has 0 saturated heterocycles. The number of nitrogens with zero attached hydrogens (tertiary/aromatic N) is 8. The van der Waals surface area contributed by atoms with E-state index in [4.69, 9.17) is 60.6 Å². The van der Waals surface area contributed by atoms with Crippen LogP contribution in [0.5, 0.6) is 0 Å². The number of aryl methyl sites for hydroxylation is 11. The molecule has 2 aliphatic rings. The molecule has 0 bridgehead atoms. The molecule has 2 aliphatic heterocycles. The van der Waals surface area contributed by atoms with Crippen LogP contribution in [0.15, 0.2) is 363 Å². The number of rotatable bonds is 3. The Morgan fingerprint density at radius 1 is 0.377 bits per heavy atom. The van der Waals surface area contributed by atoms with Crippen molar-refractivity contribution in [3.63, 3.8) is 0 Å². The lowest BCUT2D eigenvalue weighted by Gasteiger charge is -2.13. The van der Waals surface area contributed by atoms with E-state index in [0.717, 1.165) is 126 Å². The van der Waals surface area contributed by atoms with Crippen molar-refractivity contribution in [1.29, 1.82) is 10.7 Å². The Labute approximate surface area is 814 Å². The van der Waals surface area contributed by atoms with Gasteiger partial charge in [-0.2, -0.15) is 5.26 Å². The summed E-state index contributed by atoms with van der Waals surface area (Å²) in [5, 5.41) is 41.8. The van der Waals surface area contributed by atoms with Crippen LogP contribution in [0.2, 0.25) is 5.02 Å². The highest BCUT2D eigenvalue weighted by Crippen LogP contribution is 2.27. The van der Waals surface area contributed by atoms with Crippen molar-refractivity contribution in [3.8, 4) is 6.07 Å². The maximum atomic E-state index is 13.0. The Hall–Kier alpha value is -16.5. The van der Waals surface area contributed by atoms with Gasteiger partial charge in [0.1, 0.15) is 24.9 Å². The third kappa shape index (κ3) is 29.5. The Morgan fingerprint density at radius 2 is 0.725 bits per heavy atom. The largest absolute Gasteiger partial charge is 0.389 e. The first-order valence-electron chi connectivity index (χ1n) is 43.9. The average molecular weight is 1850 g/mol. The third-order valence-corrected chi connectivity index (χ3v) is 22.4. The zero-order chi connectivity index (χ0) is 96.0. The predicted molar refractivity (Wildman–Crippen MR) is 578 cm³/mol. The van der Waals surface area contributed by atoms with Gasteiger partial charge in [0.25, 0.3) is 0 Å². The Morgan fingerprint density at radius 3 is 1.19 bits per heavy atom. The molecular weight excluding hydrogens is 1730 g/mol. The van der Waals surface area contributed by atoms with Crippen molar-refractivity contribution in [3.05, 3.63) is 469 Å². The first-order chi connectivity index (χ1) is 65.1. The molecule has 22 rings (SSSR count). The summed E-state index contributed by atoms with van der Waals surface area (Å²) >= 11 is 5.86. The molecule has 0 spiro atoms. The number of halogens is 2. The lowest BCUT2D eigenvalue weighted by Crippen LogP contribution is -2.20. The lowest BCUT2D eigenvalue weighted by molar-refractivity contribution is 0.0999. The minimum atomic E-state index is -0.367. The van der Waals surface area contributed by atoms with Crippen LogP contribution in [0.3, 0.4) is 0 Å². The maximum Gasteiger partial charge on any atom is 0.248 e. The van der Waals surface area contributed by atoms with Gasteiger partial charge >= 0.3 is 0 Å². The molecule has 15 aromatic carbocycles. The zero-order valence-electron chi connectivity index (χ0n) is 77.6. The highest BCUT2D eigenvalue weighted by atomic mass is 35.5. The van der Waals surface area contributed by atoms with E-state index < -0.39 is 0 Å². The van der Waals surface area contributed by atoms with Gasteiger partial charge in [0.05, 0.1) is 17.1 Å². The van der Waals surface area contributed by atoms with Crippen LogP contribution < -0.4 is 28.7 Å². The number of amides is 1. The van der Waals surface area contributed by atoms with Gasteiger partial charge in [-0.1, -0.05) is 273 Å². The summed E-state index contributed by atoms with van der Waals surface area (Å²) in [6, 6.07) is 113. The lowest BCUT2D eigenvalue weighted by atomic mass is 10.0. The maximum absolute atomic E-state index is 13.0. The molecule has 0 fully saturated rings. The van der Waals surface area contributed by atoms with E-state index in [0.29, 0.717) is 42.6 Å². The van der Waals surface area contributed by atoms with E-state index in [9.17, 15) is 9.18 Å². The van der Waals surface area contributed by atoms with Crippen LogP contribution in [0.4, 0.5) is 4.39 Å². The molecule has 0 atom stereocenters. The third-order valence-electron chi connectivity index (χ3n) is 22.2. The zero-order valence-corrected chi connectivity index (χ0v) is 78.3. The van der Waals surface area contributed by atoms with Gasteiger partial charge in [0.2, 0.25) is 5.91 Å². The quantitative estimate of drug-likeness (QED) is 0.0709. The van der Waals surface area contributed by atoms with E-state index in [2.05, 4.69) is 159 Å². The molecule has 0 radical (unpaired) electrons. The SMILES string of the molecule is C.C.C.Cc1cc2ccccc2cc1C#N.Cc1cc2ccccc2cc1C(=N)N.Cc1cc2ccccc2cc1C(N)=O.Cc1cc2ccccc2cc1CN.Cc1cc2ccccc2cc1F.Cc1ccc2c(c1)C(N)=NOC2.Cc1ccc2c(c1)C(N)=NOC2.Cc1ccc2cc(Cl)ccc2c1.Cc1ccc2cccnc2c1.Cc1ccc2cccnc2n1.Cc1ccc2cccnc2n1. The second-order valence-electron chi connectivity index (χ2n) is 32.7. The Bertz CT molecular complexity index is 7300. The number of aromatic nitrogens is 5. The summed E-state index contributed by atoms with van der Waals surface area (Å²) in [5.41, 5.74) is 50.0. The van der Waals surface area contributed by atoms with Crippen molar-refractivity contribution in [2.75, 3.05) is 0 Å². The summed E-state index contributed by atoms with van der Waals surface area (Å²) < 4.78 is 13.0. The predicted octanol–water partition coefficient (Wildman–Crippen LogP) is 28.0. The van der Waals surface area contributed by atoms with Gasteiger partial charge in [-0.05, 0) is 301 Å². The summed E-state index contributed by atoms with van der Waals surface area (Å²) in [7, 11) is 0. The Kier molecular flexibility index (Phi) is 39.0. The fraction of sp³-hybridized carbons (Fsp3) is 0.143. The molecule has 5 aromatic heterocycles. The van der Waals surface area contributed by atoms with Gasteiger partial charge < -0.3 is 38.3 Å². The van der Waals surface area contributed by atoms with Gasteiger partial charge in [-0.3, -0.25) is 15.2 Å². The molecule has 0 unspecified atom stereocenters. The van der Waals surface area contributed by atoms with Gasteiger partial charge in [-0.25, -0.2) is 24.3 Å². The topological polar surface area (TPSA) is 302 Å². The minimum Gasteiger partial charge on any atom is -0.389 e. The molecule has 698 valence electrons. The van der Waals surface area contributed by atoms with Crippen molar-refractivity contribution in [2.45, 2.75) is 118 Å². The number of hydrogen-bond donors (Lipinski definition) is 6. The van der Waals surface area contributed by atoms with Gasteiger partial charge in [-0.15, -0.1) is 0 Å². The number of pyridine rings is 5. The van der Waals surface area contributed by atoms with Crippen LogP contribution in [0.1, 0.15) is 133 Å². The number of oxime groups is 2. The molecule has 11 N–H and O–H groups in total. The number of nitrogens with one attached hydrogen (secondary N) is 1. The molecule has 0 saturated carbocycles. The first-order valence-corrected chi connectivity index (χ1v) is 44.3. The number of hydrogen-bond acceptors (Lipinski definition) is 15. The smallest absolute Gasteiger partial charge is 0.248 e. The molecule has 7 heterocycles. The van der Waals surface area contributed by atoms with Crippen LogP contribution in [-0.2, 0) is 29.4 Å². The summed E-state index contributed by atoms with van der Waals surface area (Å²) in [6.45, 7) is 23.6. The monoisotopic (exact) mass is 1850 g/mol. The number of benzene rings is 15. The van der Waals surface area contributed by atoms with Gasteiger partial charge in [0.15, 0.2) is 23.0 Å². The second kappa shape index (κ2) is 51.1. The fourth-order valence-electron chi connectivity index (χ4n) is 14.8. The van der Waals surface area contributed by atoms with Crippen LogP contribution >= 0.6 is 11.6 Å². The van der Waals surface area contributed by atoms with E-state index in [1.165, 1.54) is 71.1 Å². The Balaban J connectivity index is 0.000000170. The number of carbonyl (C=O) groups excluding carboxylic acids is 1. The van der Waals surface area contributed by atoms with E-state index in [1.54, 1.807) is 25.4 Å². The van der Waals surface area contributed by atoms with Crippen molar-refractivity contribution in [1.82, 2.24) is 24.9 Å². The van der Waals surface area contributed by atoms with Crippen LogP contribution in [0.25, 0.3) is 97.6 Å². The minimum absolute atomic E-state index is 0.